The van der Waals surface area contributed by atoms with E-state index in [1.165, 1.54) is 12.1 Å². The molecule has 13 heteroatoms. The molecule has 0 bridgehead atoms. The molecule has 0 fully saturated rings. The van der Waals surface area contributed by atoms with Gasteiger partial charge in [0.05, 0.1) is 21.2 Å². The van der Waals surface area contributed by atoms with Crippen LogP contribution < -0.4 is 9.47 Å². The van der Waals surface area contributed by atoms with E-state index in [4.69, 9.17) is 32.7 Å². The van der Waals surface area contributed by atoms with Crippen LogP contribution in [0, 0.1) is 0 Å². The van der Waals surface area contributed by atoms with Crippen LogP contribution in [0.1, 0.15) is 32.6 Å². The van der Waals surface area contributed by atoms with Crippen LogP contribution in [-0.4, -0.2) is 16.3 Å². The van der Waals surface area contributed by atoms with Gasteiger partial charge >= 0.3 is 12.4 Å². The molecule has 0 amide bonds. The number of H-pyrrole nitrogens is 1. The van der Waals surface area contributed by atoms with Gasteiger partial charge in [-0.05, 0) is 59.7 Å². The number of nitrogens with one attached hydrogen (secondary N) is 1. The molecule has 0 atom stereocenters. The summed E-state index contributed by atoms with van der Waals surface area (Å²) >= 11 is 11.7. The number of carbonyl (C=O) groups is 1. The minimum absolute atomic E-state index is 0.0768. The average Bonchev–Trinajstić information content (AvgIpc) is 3.55. The number of rotatable bonds is 8. The Morgan fingerprint density at radius 1 is 0.711 bits per heavy atom. The molecule has 0 saturated heterocycles. The summed E-state index contributed by atoms with van der Waals surface area (Å²) in [4.78, 5) is 17.8. The molecule has 4 aromatic carbocycles. The van der Waals surface area contributed by atoms with Gasteiger partial charge in [-0.1, -0.05) is 59.6 Å². The van der Waals surface area contributed by atoms with E-state index in [-0.39, 0.29) is 34.8 Å². The van der Waals surface area contributed by atoms with Crippen LogP contribution in [0.2, 0.25) is 10.0 Å². The van der Waals surface area contributed by atoms with Crippen molar-refractivity contribution in [2.75, 3.05) is 0 Å². The molecule has 0 aliphatic heterocycles. The van der Waals surface area contributed by atoms with Crippen molar-refractivity contribution in [1.82, 2.24) is 9.97 Å². The maximum absolute atomic E-state index is 12.6. The molecule has 0 unspecified atom stereocenters. The zero-order valence-electron chi connectivity index (χ0n) is 22.9. The summed E-state index contributed by atoms with van der Waals surface area (Å²) in [6.07, 6.45) is -4.80. The normalized spacial score (nSPS) is 11.4. The van der Waals surface area contributed by atoms with Crippen molar-refractivity contribution in [3.63, 3.8) is 0 Å². The maximum atomic E-state index is 12.6. The molecule has 0 aliphatic rings. The summed E-state index contributed by atoms with van der Waals surface area (Å²) in [7, 11) is 0. The summed E-state index contributed by atoms with van der Waals surface area (Å²) in [6, 6.07) is 20.1. The van der Waals surface area contributed by atoms with Gasteiger partial charge in [-0.3, -0.25) is 4.79 Å². The molecule has 0 saturated carbocycles. The van der Waals surface area contributed by atoms with E-state index in [1.54, 1.807) is 36.7 Å². The van der Waals surface area contributed by atoms with E-state index < -0.39 is 23.5 Å². The molecular formula is C32H22Cl2F6N2O3. The number of aromatic amines is 1. The highest BCUT2D eigenvalue weighted by molar-refractivity contribution is 6.32. The fraction of sp³-hybridized carbons (Fsp3) is 0.125. The number of aromatic nitrogens is 2. The van der Waals surface area contributed by atoms with E-state index in [2.05, 4.69) is 9.97 Å². The largest absolute Gasteiger partial charge is 0.487 e. The third-order valence-electron chi connectivity index (χ3n) is 6.09. The van der Waals surface area contributed by atoms with Crippen molar-refractivity contribution >= 4 is 29.5 Å². The molecule has 5 nitrogen and oxygen atoms in total. The second kappa shape index (κ2) is 14.5. The number of halogens is 8. The Balaban J connectivity index is 0.000000207. The molecule has 5 aromatic rings. The summed E-state index contributed by atoms with van der Waals surface area (Å²) in [5.41, 5.74) is 1.31. The molecule has 0 radical (unpaired) electrons. The highest BCUT2D eigenvalue weighted by atomic mass is 35.5. The highest BCUT2D eigenvalue weighted by Crippen LogP contribution is 2.36. The van der Waals surface area contributed by atoms with Crippen LogP contribution in [0.25, 0.3) is 11.4 Å². The first-order chi connectivity index (χ1) is 21.3. The first-order valence-corrected chi connectivity index (χ1v) is 13.7. The van der Waals surface area contributed by atoms with Gasteiger partial charge in [-0.15, -0.1) is 0 Å². The van der Waals surface area contributed by atoms with Gasteiger partial charge in [0, 0.05) is 23.5 Å². The fourth-order valence-electron chi connectivity index (χ4n) is 3.90. The average molecular weight is 667 g/mol. The fourth-order valence-corrected chi connectivity index (χ4v) is 4.37. The maximum Gasteiger partial charge on any atom is 0.416 e. The molecule has 1 N–H and O–H groups in total. The number of benzene rings is 4. The first-order valence-electron chi connectivity index (χ1n) is 13.0. The van der Waals surface area contributed by atoms with Crippen molar-refractivity contribution < 1.29 is 40.6 Å². The molecule has 0 aliphatic carbocycles. The molecule has 0 spiro atoms. The third-order valence-corrected chi connectivity index (χ3v) is 6.68. The number of alkyl halides is 6. The minimum atomic E-state index is -4.44. The molecule has 1 aromatic heterocycles. The van der Waals surface area contributed by atoms with Crippen molar-refractivity contribution in [2.45, 2.75) is 25.6 Å². The molecule has 234 valence electrons. The van der Waals surface area contributed by atoms with Crippen LogP contribution in [0.5, 0.6) is 11.5 Å². The number of imidazole rings is 1. The van der Waals surface area contributed by atoms with Gasteiger partial charge in [0.15, 0.2) is 0 Å². The Bertz CT molecular complexity index is 1740. The van der Waals surface area contributed by atoms with Gasteiger partial charge in [0.25, 0.3) is 0 Å². The van der Waals surface area contributed by atoms with Gasteiger partial charge < -0.3 is 14.5 Å². The lowest BCUT2D eigenvalue weighted by Crippen LogP contribution is -2.05. The molecule has 1 heterocycles. The van der Waals surface area contributed by atoms with Crippen molar-refractivity contribution in [3.05, 3.63) is 135 Å². The van der Waals surface area contributed by atoms with Crippen LogP contribution in [-0.2, 0) is 25.6 Å². The smallest absolute Gasteiger partial charge is 0.416 e. The summed E-state index contributed by atoms with van der Waals surface area (Å²) in [5.74, 6) is 1.08. The standard InChI is InChI=1S/C17H12ClF3N2O.C15H10ClF3O2/c18-14-9-13(17(19,20)21)4-5-15(14)24-10-11-2-1-3-12(8-11)16-22-6-7-23-16;16-13-7-12(15(17,18)19)4-5-14(13)21-9-11-3-1-2-10(6-11)8-20/h1-9H,10H2,(H,22,23);1-8H,9H2. The number of carbonyl (C=O) groups excluding carboxylic acids is 1. The van der Waals surface area contributed by atoms with Crippen LogP contribution in [0.3, 0.4) is 0 Å². The third kappa shape index (κ3) is 9.50. The summed E-state index contributed by atoms with van der Waals surface area (Å²) < 4.78 is 86.3. The molecule has 45 heavy (non-hydrogen) atoms. The SMILES string of the molecule is FC(F)(F)c1ccc(OCc2cccc(-c3ncc[nH]3)c2)c(Cl)c1.O=Cc1cccc(COc2ccc(C(F)(F)F)cc2Cl)c1. The highest BCUT2D eigenvalue weighted by Gasteiger charge is 2.32. The Kier molecular flexibility index (Phi) is 10.8. The second-order valence-electron chi connectivity index (χ2n) is 9.36. The zero-order chi connectivity index (χ0) is 32.6. The van der Waals surface area contributed by atoms with Crippen LogP contribution in [0.15, 0.2) is 97.3 Å². The first kappa shape index (κ1) is 33.4. The molecular weight excluding hydrogens is 645 g/mol. The lowest BCUT2D eigenvalue weighted by molar-refractivity contribution is -0.138. The molecule has 5 rings (SSSR count). The van der Waals surface area contributed by atoms with E-state index in [9.17, 15) is 31.1 Å². The van der Waals surface area contributed by atoms with Crippen molar-refractivity contribution in [2.24, 2.45) is 0 Å². The van der Waals surface area contributed by atoms with Gasteiger partial charge in [0.1, 0.15) is 36.8 Å². The predicted octanol–water partition coefficient (Wildman–Crippen LogP) is 10.1. The summed E-state index contributed by atoms with van der Waals surface area (Å²) in [6.45, 7) is 0.284. The Labute approximate surface area is 263 Å². The van der Waals surface area contributed by atoms with E-state index in [0.717, 1.165) is 46.8 Å². The quantitative estimate of drug-likeness (QED) is 0.132. The predicted molar refractivity (Wildman–Crippen MR) is 157 cm³/mol. The monoisotopic (exact) mass is 666 g/mol. The topological polar surface area (TPSA) is 64.2 Å². The van der Waals surface area contributed by atoms with Crippen molar-refractivity contribution in [3.8, 4) is 22.9 Å². The van der Waals surface area contributed by atoms with E-state index >= 15 is 0 Å². The van der Waals surface area contributed by atoms with Crippen LogP contribution >= 0.6 is 23.2 Å². The Morgan fingerprint density at radius 2 is 1.24 bits per heavy atom. The Morgan fingerprint density at radius 3 is 1.71 bits per heavy atom. The lowest BCUT2D eigenvalue weighted by Gasteiger charge is -2.11. The number of hydrogen-bond donors (Lipinski definition) is 1. The Hall–Kier alpha value is -4.48. The van der Waals surface area contributed by atoms with E-state index in [0.29, 0.717) is 11.8 Å². The summed E-state index contributed by atoms with van der Waals surface area (Å²) in [5, 5.41) is -0.191. The second-order valence-corrected chi connectivity index (χ2v) is 10.2. The van der Waals surface area contributed by atoms with Gasteiger partial charge in [0.2, 0.25) is 0 Å². The number of hydrogen-bond acceptors (Lipinski definition) is 4. The number of aldehydes is 1. The van der Waals surface area contributed by atoms with Crippen LogP contribution in [0.4, 0.5) is 26.3 Å². The van der Waals surface area contributed by atoms with Gasteiger partial charge in [-0.25, -0.2) is 4.98 Å². The van der Waals surface area contributed by atoms with E-state index in [1.807, 2.05) is 24.3 Å². The minimum Gasteiger partial charge on any atom is -0.487 e. The number of ether oxygens (including phenoxy) is 2. The number of nitrogens with zero attached hydrogens (tertiary/aromatic N) is 1. The van der Waals surface area contributed by atoms with Gasteiger partial charge in [-0.2, -0.15) is 26.3 Å². The lowest BCUT2D eigenvalue weighted by atomic mass is 10.1. The van der Waals surface area contributed by atoms with Crippen molar-refractivity contribution in [1.29, 1.82) is 0 Å². The zero-order valence-corrected chi connectivity index (χ0v) is 24.4.